The van der Waals surface area contributed by atoms with Gasteiger partial charge in [0.2, 0.25) is 5.91 Å². The molecule has 1 heterocycles. The van der Waals surface area contributed by atoms with Crippen LogP contribution in [0.2, 0.25) is 0 Å². The molecule has 0 saturated heterocycles. The Kier molecular flexibility index (Phi) is 7.06. The standard InChI is InChI=1S/C22H20BrNO4S/c1-3-28-22(26)20-18(15-6-8-16(23)9-7-15)13-29-21(20)24-19(25)12-14-4-10-17(27-2)11-5-14/h4-11,13H,3,12H2,1-2H3,(H,24,25). The van der Waals surface area contributed by atoms with Crippen molar-refractivity contribution < 1.29 is 19.1 Å². The number of benzene rings is 2. The average molecular weight is 474 g/mol. The summed E-state index contributed by atoms with van der Waals surface area (Å²) in [6.45, 7) is 2.01. The highest BCUT2D eigenvalue weighted by Gasteiger charge is 2.22. The van der Waals surface area contributed by atoms with Gasteiger partial charge in [-0.1, -0.05) is 40.2 Å². The van der Waals surface area contributed by atoms with Gasteiger partial charge in [0.25, 0.3) is 0 Å². The molecule has 1 N–H and O–H groups in total. The number of hydrogen-bond donors (Lipinski definition) is 1. The van der Waals surface area contributed by atoms with Gasteiger partial charge in [0, 0.05) is 15.4 Å². The van der Waals surface area contributed by atoms with Crippen molar-refractivity contribution in [1.29, 1.82) is 0 Å². The molecule has 7 heteroatoms. The predicted molar refractivity (Wildman–Crippen MR) is 119 cm³/mol. The third kappa shape index (κ3) is 5.25. The van der Waals surface area contributed by atoms with Crippen LogP contribution in [0.4, 0.5) is 5.00 Å². The molecule has 0 atom stereocenters. The summed E-state index contributed by atoms with van der Waals surface area (Å²) in [7, 11) is 1.60. The molecule has 2 aromatic carbocycles. The van der Waals surface area contributed by atoms with Crippen LogP contribution < -0.4 is 10.1 Å². The number of halogens is 1. The van der Waals surface area contributed by atoms with E-state index < -0.39 is 5.97 Å². The number of anilines is 1. The molecule has 0 bridgehead atoms. The summed E-state index contributed by atoms with van der Waals surface area (Å²) in [5.41, 5.74) is 2.84. The lowest BCUT2D eigenvalue weighted by Crippen LogP contribution is -2.16. The largest absolute Gasteiger partial charge is 0.497 e. The highest BCUT2D eigenvalue weighted by atomic mass is 79.9. The van der Waals surface area contributed by atoms with Crippen molar-refractivity contribution in [3.05, 3.63) is 69.5 Å². The Morgan fingerprint density at radius 3 is 2.38 bits per heavy atom. The second kappa shape index (κ2) is 9.71. The monoisotopic (exact) mass is 473 g/mol. The van der Waals surface area contributed by atoms with Crippen LogP contribution in [0.3, 0.4) is 0 Å². The van der Waals surface area contributed by atoms with Crippen LogP contribution in [0.5, 0.6) is 5.75 Å². The van der Waals surface area contributed by atoms with E-state index in [1.165, 1.54) is 11.3 Å². The first kappa shape index (κ1) is 21.1. The van der Waals surface area contributed by atoms with Crippen LogP contribution in [0.25, 0.3) is 11.1 Å². The number of thiophene rings is 1. The number of rotatable bonds is 7. The van der Waals surface area contributed by atoms with Gasteiger partial charge in [0.1, 0.15) is 16.3 Å². The number of esters is 1. The molecule has 5 nitrogen and oxygen atoms in total. The molecule has 0 unspecified atom stereocenters. The number of ether oxygens (including phenoxy) is 2. The van der Waals surface area contributed by atoms with Gasteiger partial charge in [-0.15, -0.1) is 11.3 Å². The average Bonchev–Trinajstić information content (AvgIpc) is 3.12. The Hall–Kier alpha value is -2.64. The molecule has 0 aliphatic heterocycles. The van der Waals surface area contributed by atoms with Crippen molar-refractivity contribution in [2.75, 3.05) is 19.0 Å². The lowest BCUT2D eigenvalue weighted by molar-refractivity contribution is -0.115. The maximum Gasteiger partial charge on any atom is 0.341 e. The Labute approximate surface area is 181 Å². The van der Waals surface area contributed by atoms with Gasteiger partial charge in [0.05, 0.1) is 20.1 Å². The summed E-state index contributed by atoms with van der Waals surface area (Å²) in [6.07, 6.45) is 0.192. The summed E-state index contributed by atoms with van der Waals surface area (Å²) in [5, 5.41) is 5.21. The Balaban J connectivity index is 1.84. The SMILES string of the molecule is CCOC(=O)c1c(-c2ccc(Br)cc2)csc1NC(=O)Cc1ccc(OC)cc1. The summed E-state index contributed by atoms with van der Waals surface area (Å²) in [4.78, 5) is 25.2. The van der Waals surface area contributed by atoms with Crippen molar-refractivity contribution in [2.45, 2.75) is 13.3 Å². The molecule has 0 aliphatic rings. The van der Waals surface area contributed by atoms with E-state index in [-0.39, 0.29) is 18.9 Å². The van der Waals surface area contributed by atoms with Crippen LogP contribution >= 0.6 is 27.3 Å². The van der Waals surface area contributed by atoms with Crippen LogP contribution in [-0.2, 0) is 16.0 Å². The van der Waals surface area contributed by atoms with Gasteiger partial charge in [-0.3, -0.25) is 4.79 Å². The third-order valence-corrected chi connectivity index (χ3v) is 5.63. The van der Waals surface area contributed by atoms with E-state index in [0.717, 1.165) is 26.9 Å². The molecule has 3 rings (SSSR count). The summed E-state index contributed by atoms with van der Waals surface area (Å²) in [6, 6.07) is 14.9. The van der Waals surface area contributed by atoms with Gasteiger partial charge >= 0.3 is 5.97 Å². The molecule has 150 valence electrons. The Bertz CT molecular complexity index is 997. The molecule has 0 radical (unpaired) electrons. The fraction of sp³-hybridized carbons (Fsp3) is 0.182. The Morgan fingerprint density at radius 1 is 1.07 bits per heavy atom. The smallest absolute Gasteiger partial charge is 0.341 e. The van der Waals surface area contributed by atoms with Gasteiger partial charge in [0.15, 0.2) is 0 Å². The number of methoxy groups -OCH3 is 1. The highest BCUT2D eigenvalue weighted by molar-refractivity contribution is 9.10. The number of nitrogens with one attached hydrogen (secondary N) is 1. The third-order valence-electron chi connectivity index (χ3n) is 4.20. The molecule has 0 fully saturated rings. The molecule has 1 aromatic heterocycles. The summed E-state index contributed by atoms with van der Waals surface area (Å²) in [5.74, 6) is 0.0764. The van der Waals surface area contributed by atoms with Crippen molar-refractivity contribution in [3.63, 3.8) is 0 Å². The zero-order valence-electron chi connectivity index (χ0n) is 16.0. The fourth-order valence-electron chi connectivity index (χ4n) is 2.80. The van der Waals surface area contributed by atoms with Gasteiger partial charge in [-0.05, 0) is 42.3 Å². The zero-order chi connectivity index (χ0) is 20.8. The molecule has 0 spiro atoms. The topological polar surface area (TPSA) is 64.6 Å². The zero-order valence-corrected chi connectivity index (χ0v) is 18.4. The second-order valence-electron chi connectivity index (χ2n) is 6.15. The van der Waals surface area contributed by atoms with Crippen molar-refractivity contribution >= 4 is 44.1 Å². The molecule has 3 aromatic rings. The molecule has 0 aliphatic carbocycles. The minimum atomic E-state index is -0.452. The molecular formula is C22H20BrNO4S. The lowest BCUT2D eigenvalue weighted by Gasteiger charge is -2.09. The van der Waals surface area contributed by atoms with Gasteiger partial charge in [-0.2, -0.15) is 0 Å². The highest BCUT2D eigenvalue weighted by Crippen LogP contribution is 2.36. The van der Waals surface area contributed by atoms with Crippen LogP contribution in [0.15, 0.2) is 58.4 Å². The van der Waals surface area contributed by atoms with E-state index in [9.17, 15) is 9.59 Å². The number of amides is 1. The second-order valence-corrected chi connectivity index (χ2v) is 7.95. The quantitative estimate of drug-likeness (QED) is 0.457. The van der Waals surface area contributed by atoms with Gasteiger partial charge < -0.3 is 14.8 Å². The van der Waals surface area contributed by atoms with E-state index in [2.05, 4.69) is 21.2 Å². The fourth-order valence-corrected chi connectivity index (χ4v) is 4.04. The van der Waals surface area contributed by atoms with E-state index in [4.69, 9.17) is 9.47 Å². The first-order valence-electron chi connectivity index (χ1n) is 8.99. The normalized spacial score (nSPS) is 10.4. The van der Waals surface area contributed by atoms with Crippen molar-refractivity contribution in [2.24, 2.45) is 0 Å². The molecule has 1 amide bonds. The number of carbonyl (C=O) groups excluding carboxylic acids is 2. The minimum absolute atomic E-state index is 0.192. The van der Waals surface area contributed by atoms with E-state index in [1.807, 2.05) is 53.9 Å². The number of carbonyl (C=O) groups is 2. The summed E-state index contributed by atoms with van der Waals surface area (Å²) >= 11 is 4.72. The van der Waals surface area contributed by atoms with E-state index in [1.54, 1.807) is 14.0 Å². The Morgan fingerprint density at radius 2 is 1.76 bits per heavy atom. The summed E-state index contributed by atoms with van der Waals surface area (Å²) < 4.78 is 11.3. The first-order valence-corrected chi connectivity index (χ1v) is 10.7. The first-order chi connectivity index (χ1) is 14.0. The predicted octanol–water partition coefficient (Wildman–Crippen LogP) is 5.54. The van der Waals surface area contributed by atoms with Crippen LogP contribution in [0.1, 0.15) is 22.8 Å². The van der Waals surface area contributed by atoms with Crippen molar-refractivity contribution in [3.8, 4) is 16.9 Å². The van der Waals surface area contributed by atoms with Crippen LogP contribution in [0, 0.1) is 0 Å². The van der Waals surface area contributed by atoms with E-state index >= 15 is 0 Å². The van der Waals surface area contributed by atoms with Gasteiger partial charge in [-0.25, -0.2) is 4.79 Å². The molecule has 0 saturated carbocycles. The van der Waals surface area contributed by atoms with Crippen molar-refractivity contribution in [1.82, 2.24) is 0 Å². The van der Waals surface area contributed by atoms with E-state index in [0.29, 0.717) is 10.6 Å². The number of hydrogen-bond acceptors (Lipinski definition) is 5. The maximum atomic E-state index is 12.6. The minimum Gasteiger partial charge on any atom is -0.497 e. The van der Waals surface area contributed by atoms with Crippen LogP contribution in [-0.4, -0.2) is 25.6 Å². The molecule has 29 heavy (non-hydrogen) atoms. The maximum absolute atomic E-state index is 12.6. The lowest BCUT2D eigenvalue weighted by atomic mass is 10.0. The molecular weight excluding hydrogens is 454 g/mol.